The summed E-state index contributed by atoms with van der Waals surface area (Å²) in [6, 6.07) is 6.31. The van der Waals surface area contributed by atoms with Crippen molar-refractivity contribution in [2.24, 2.45) is 0 Å². The Kier molecular flexibility index (Phi) is 6.66. The molecule has 0 radical (unpaired) electrons. The molecular weight excluding hydrogens is 324 g/mol. The first-order chi connectivity index (χ1) is 11.5. The Morgan fingerprint density at radius 3 is 2.75 bits per heavy atom. The summed E-state index contributed by atoms with van der Waals surface area (Å²) in [6.45, 7) is 9.74. The highest BCUT2D eigenvalue weighted by Gasteiger charge is 2.13. The number of rotatable bonds is 8. The normalized spacial score (nSPS) is 10.7. The zero-order valence-electron chi connectivity index (χ0n) is 14.6. The molecule has 0 amide bonds. The third-order valence-electron chi connectivity index (χ3n) is 3.55. The van der Waals surface area contributed by atoms with Crippen LogP contribution in [0.2, 0.25) is 0 Å². The van der Waals surface area contributed by atoms with Crippen LogP contribution in [-0.2, 0) is 22.6 Å². The standard InChI is InChI=1S/C17H24N4O2S/c1-5-21-15(10-18-14-8-7-12(3)9-13(14)4)19-20-17(21)24-11-16(22)23-6-2/h7-9,18H,5-6,10-11H2,1-4H3. The molecule has 2 aromatic rings. The molecule has 24 heavy (non-hydrogen) atoms. The molecule has 0 aliphatic heterocycles. The van der Waals surface area contributed by atoms with Gasteiger partial charge in [-0.2, -0.15) is 0 Å². The number of hydrogen-bond acceptors (Lipinski definition) is 6. The summed E-state index contributed by atoms with van der Waals surface area (Å²) in [5, 5.41) is 12.6. The Morgan fingerprint density at radius 1 is 1.29 bits per heavy atom. The number of carbonyl (C=O) groups excluding carboxylic acids is 1. The summed E-state index contributed by atoms with van der Waals surface area (Å²) in [6.07, 6.45) is 0. The number of ether oxygens (including phenoxy) is 1. The van der Waals surface area contributed by atoms with E-state index in [2.05, 4.69) is 47.6 Å². The minimum Gasteiger partial charge on any atom is -0.465 e. The lowest BCUT2D eigenvalue weighted by Gasteiger charge is -2.11. The monoisotopic (exact) mass is 348 g/mol. The van der Waals surface area contributed by atoms with E-state index in [4.69, 9.17) is 4.74 Å². The molecule has 0 unspecified atom stereocenters. The van der Waals surface area contributed by atoms with Gasteiger partial charge >= 0.3 is 5.97 Å². The minimum absolute atomic E-state index is 0.233. The van der Waals surface area contributed by atoms with Crippen molar-refractivity contribution in [2.45, 2.75) is 45.9 Å². The summed E-state index contributed by atoms with van der Waals surface area (Å²) >= 11 is 1.35. The number of esters is 1. The number of anilines is 1. The highest BCUT2D eigenvalue weighted by Crippen LogP contribution is 2.20. The van der Waals surface area contributed by atoms with E-state index in [0.29, 0.717) is 13.2 Å². The molecular formula is C17H24N4O2S. The van der Waals surface area contributed by atoms with E-state index in [1.165, 1.54) is 22.9 Å². The predicted molar refractivity (Wildman–Crippen MR) is 96.3 cm³/mol. The molecule has 2 rings (SSSR count). The van der Waals surface area contributed by atoms with Gasteiger partial charge < -0.3 is 14.6 Å². The number of benzene rings is 1. The zero-order valence-corrected chi connectivity index (χ0v) is 15.4. The Bertz CT molecular complexity index is 700. The molecule has 1 N–H and O–H groups in total. The lowest BCUT2D eigenvalue weighted by atomic mass is 10.1. The first kappa shape index (κ1) is 18.3. The molecule has 7 heteroatoms. The molecule has 1 aromatic carbocycles. The molecule has 0 aliphatic carbocycles. The Balaban J connectivity index is 2.01. The van der Waals surface area contributed by atoms with Crippen LogP contribution in [-0.4, -0.2) is 33.1 Å². The van der Waals surface area contributed by atoms with Gasteiger partial charge in [-0.3, -0.25) is 4.79 Å². The van der Waals surface area contributed by atoms with E-state index in [9.17, 15) is 4.79 Å². The largest absolute Gasteiger partial charge is 0.465 e. The zero-order chi connectivity index (χ0) is 17.5. The van der Waals surface area contributed by atoms with Gasteiger partial charge in [-0.15, -0.1) is 10.2 Å². The predicted octanol–water partition coefficient (Wildman–Crippen LogP) is 3.18. The fourth-order valence-corrected chi connectivity index (χ4v) is 3.21. The summed E-state index contributed by atoms with van der Waals surface area (Å²) in [7, 11) is 0. The van der Waals surface area contributed by atoms with Gasteiger partial charge in [0.25, 0.3) is 0 Å². The van der Waals surface area contributed by atoms with Crippen molar-refractivity contribution in [3.05, 3.63) is 35.2 Å². The fourth-order valence-electron chi connectivity index (χ4n) is 2.39. The van der Waals surface area contributed by atoms with Gasteiger partial charge in [0, 0.05) is 12.2 Å². The molecule has 1 heterocycles. The maximum Gasteiger partial charge on any atom is 0.316 e. The van der Waals surface area contributed by atoms with Crippen molar-refractivity contribution >= 4 is 23.4 Å². The van der Waals surface area contributed by atoms with Gasteiger partial charge in [-0.1, -0.05) is 29.5 Å². The minimum atomic E-state index is -0.233. The van der Waals surface area contributed by atoms with E-state index < -0.39 is 0 Å². The van der Waals surface area contributed by atoms with Gasteiger partial charge in [0.05, 0.1) is 18.9 Å². The smallest absolute Gasteiger partial charge is 0.316 e. The topological polar surface area (TPSA) is 69.0 Å². The molecule has 0 spiro atoms. The number of nitrogens with one attached hydrogen (secondary N) is 1. The molecule has 0 bridgehead atoms. The number of aryl methyl sites for hydroxylation is 2. The summed E-state index contributed by atoms with van der Waals surface area (Å²) in [4.78, 5) is 11.5. The van der Waals surface area contributed by atoms with Gasteiger partial charge in [0.2, 0.25) is 0 Å². The molecule has 1 aromatic heterocycles. The molecule has 6 nitrogen and oxygen atoms in total. The van der Waals surface area contributed by atoms with E-state index in [1.54, 1.807) is 6.92 Å². The van der Waals surface area contributed by atoms with Crippen LogP contribution >= 0.6 is 11.8 Å². The van der Waals surface area contributed by atoms with E-state index >= 15 is 0 Å². The van der Waals surface area contributed by atoms with Gasteiger partial charge in [0.1, 0.15) is 0 Å². The number of hydrogen-bond donors (Lipinski definition) is 1. The van der Waals surface area contributed by atoms with Crippen LogP contribution in [0.3, 0.4) is 0 Å². The lowest BCUT2D eigenvalue weighted by molar-refractivity contribution is -0.139. The molecule has 0 atom stereocenters. The highest BCUT2D eigenvalue weighted by molar-refractivity contribution is 7.99. The summed E-state index contributed by atoms with van der Waals surface area (Å²) < 4.78 is 6.96. The van der Waals surface area contributed by atoms with Crippen molar-refractivity contribution in [3.63, 3.8) is 0 Å². The van der Waals surface area contributed by atoms with Gasteiger partial charge in [0.15, 0.2) is 11.0 Å². The molecule has 0 aliphatic rings. The molecule has 0 fully saturated rings. The molecule has 0 saturated heterocycles. The second-order valence-corrected chi connectivity index (χ2v) is 6.35. The first-order valence-electron chi connectivity index (χ1n) is 8.06. The SMILES string of the molecule is CCOC(=O)CSc1nnc(CNc2ccc(C)cc2C)n1CC. The second kappa shape index (κ2) is 8.73. The average Bonchev–Trinajstić information content (AvgIpc) is 2.94. The third kappa shape index (κ3) is 4.74. The van der Waals surface area contributed by atoms with Crippen LogP contribution in [0.1, 0.15) is 30.8 Å². The van der Waals surface area contributed by atoms with Crippen LogP contribution in [0, 0.1) is 13.8 Å². The number of aromatic nitrogens is 3. The van der Waals surface area contributed by atoms with Gasteiger partial charge in [-0.05, 0) is 39.3 Å². The van der Waals surface area contributed by atoms with Gasteiger partial charge in [-0.25, -0.2) is 0 Å². The Hall–Kier alpha value is -2.02. The van der Waals surface area contributed by atoms with Crippen molar-refractivity contribution < 1.29 is 9.53 Å². The van der Waals surface area contributed by atoms with E-state index in [-0.39, 0.29) is 11.7 Å². The van der Waals surface area contributed by atoms with Crippen molar-refractivity contribution in [2.75, 3.05) is 17.7 Å². The van der Waals surface area contributed by atoms with Crippen LogP contribution in [0.5, 0.6) is 0 Å². The third-order valence-corrected chi connectivity index (χ3v) is 4.49. The summed E-state index contributed by atoms with van der Waals surface area (Å²) in [5.74, 6) is 0.864. The van der Waals surface area contributed by atoms with Crippen molar-refractivity contribution in [1.29, 1.82) is 0 Å². The van der Waals surface area contributed by atoms with Crippen LogP contribution in [0.25, 0.3) is 0 Å². The fraction of sp³-hybridized carbons (Fsp3) is 0.471. The number of thioether (sulfide) groups is 1. The van der Waals surface area contributed by atoms with E-state index in [1.807, 2.05) is 11.5 Å². The quantitative estimate of drug-likeness (QED) is 0.584. The second-order valence-electron chi connectivity index (χ2n) is 5.41. The Labute approximate surface area is 147 Å². The van der Waals surface area contributed by atoms with Crippen LogP contribution in [0.15, 0.2) is 23.4 Å². The molecule has 0 saturated carbocycles. The van der Waals surface area contributed by atoms with Crippen molar-refractivity contribution in [1.82, 2.24) is 14.8 Å². The lowest BCUT2D eigenvalue weighted by Crippen LogP contribution is -2.11. The number of nitrogens with zero attached hydrogens (tertiary/aromatic N) is 3. The summed E-state index contributed by atoms with van der Waals surface area (Å²) in [5.41, 5.74) is 3.54. The maximum atomic E-state index is 11.5. The van der Waals surface area contributed by atoms with Crippen molar-refractivity contribution in [3.8, 4) is 0 Å². The molecule has 130 valence electrons. The van der Waals surface area contributed by atoms with Crippen LogP contribution < -0.4 is 5.32 Å². The highest BCUT2D eigenvalue weighted by atomic mass is 32.2. The van der Waals surface area contributed by atoms with E-state index in [0.717, 1.165) is 23.2 Å². The Morgan fingerprint density at radius 2 is 2.08 bits per heavy atom. The average molecular weight is 348 g/mol. The maximum absolute atomic E-state index is 11.5. The first-order valence-corrected chi connectivity index (χ1v) is 9.05. The number of carbonyl (C=O) groups is 1. The van der Waals surface area contributed by atoms with Crippen LogP contribution in [0.4, 0.5) is 5.69 Å².